The van der Waals surface area contributed by atoms with Gasteiger partial charge in [0, 0.05) is 12.2 Å². The fourth-order valence-corrected chi connectivity index (χ4v) is 1.78. The van der Waals surface area contributed by atoms with E-state index in [1.165, 1.54) is 7.11 Å². The largest absolute Gasteiger partial charge is 0.469 e. The van der Waals surface area contributed by atoms with Crippen LogP contribution in [0.1, 0.15) is 25.1 Å². The number of rotatable bonds is 5. The summed E-state index contributed by atoms with van der Waals surface area (Å²) in [6, 6.07) is 0. The second-order valence-corrected chi connectivity index (χ2v) is 4.54. The summed E-state index contributed by atoms with van der Waals surface area (Å²) in [7, 11) is 1.39. The summed E-state index contributed by atoms with van der Waals surface area (Å²) in [6.07, 6.45) is 0.397. The molecule has 0 N–H and O–H groups in total. The lowest BCUT2D eigenvalue weighted by Crippen LogP contribution is -2.08. The van der Waals surface area contributed by atoms with Crippen molar-refractivity contribution < 1.29 is 13.9 Å². The molecule has 0 saturated heterocycles. The molecular formula is C9H14N2O3S. The van der Waals surface area contributed by atoms with Crippen LogP contribution in [-0.4, -0.2) is 28.5 Å². The van der Waals surface area contributed by atoms with Gasteiger partial charge in [-0.2, -0.15) is 0 Å². The minimum absolute atomic E-state index is 0.185. The molecule has 0 aliphatic carbocycles. The van der Waals surface area contributed by atoms with Crippen LogP contribution in [0.25, 0.3) is 0 Å². The van der Waals surface area contributed by atoms with E-state index in [-0.39, 0.29) is 11.2 Å². The second kappa shape index (κ2) is 5.75. The van der Waals surface area contributed by atoms with Gasteiger partial charge in [0.2, 0.25) is 11.8 Å². The van der Waals surface area contributed by atoms with Gasteiger partial charge < -0.3 is 9.15 Å². The van der Waals surface area contributed by atoms with Gasteiger partial charge in [-0.25, -0.2) is 0 Å². The van der Waals surface area contributed by atoms with Gasteiger partial charge in [0.15, 0.2) is 0 Å². The summed E-state index contributed by atoms with van der Waals surface area (Å²) in [5.41, 5.74) is 0. The third kappa shape index (κ3) is 4.33. The molecule has 1 aromatic rings. The van der Waals surface area contributed by atoms with Crippen molar-refractivity contribution in [3.05, 3.63) is 11.8 Å². The summed E-state index contributed by atoms with van der Waals surface area (Å²) in [6.45, 7) is 3.71. The van der Waals surface area contributed by atoms with E-state index < -0.39 is 0 Å². The summed E-state index contributed by atoms with van der Waals surface area (Å²) in [5.74, 6) is 1.58. The van der Waals surface area contributed by atoms with Crippen LogP contribution in [0.4, 0.5) is 0 Å². The van der Waals surface area contributed by atoms with Gasteiger partial charge in [0.25, 0.3) is 0 Å². The van der Waals surface area contributed by atoms with Crippen molar-refractivity contribution in [1.82, 2.24) is 10.2 Å². The standard InChI is InChI=1S/C9H14N2O3S/c1-6(4-9(12)13-3)15-5-8-11-10-7(2)14-8/h6H,4-5H2,1-3H3. The molecule has 0 amide bonds. The zero-order chi connectivity index (χ0) is 11.3. The van der Waals surface area contributed by atoms with E-state index in [4.69, 9.17) is 4.42 Å². The Labute approximate surface area is 92.6 Å². The predicted molar refractivity (Wildman–Crippen MR) is 56.4 cm³/mol. The number of ether oxygens (including phenoxy) is 1. The van der Waals surface area contributed by atoms with Gasteiger partial charge in [0.1, 0.15) is 0 Å². The highest BCUT2D eigenvalue weighted by Crippen LogP contribution is 2.19. The van der Waals surface area contributed by atoms with E-state index >= 15 is 0 Å². The van der Waals surface area contributed by atoms with Crippen molar-refractivity contribution in [3.8, 4) is 0 Å². The minimum Gasteiger partial charge on any atom is -0.469 e. The molecule has 0 bridgehead atoms. The highest BCUT2D eigenvalue weighted by molar-refractivity contribution is 7.99. The van der Waals surface area contributed by atoms with Crippen LogP contribution in [0.15, 0.2) is 4.42 Å². The Balaban J connectivity index is 2.28. The Bertz CT molecular complexity index is 327. The normalized spacial score (nSPS) is 12.5. The van der Waals surface area contributed by atoms with Crippen LogP contribution in [-0.2, 0) is 15.3 Å². The van der Waals surface area contributed by atoms with Crippen LogP contribution < -0.4 is 0 Å². The first-order chi connectivity index (χ1) is 7.11. The molecular weight excluding hydrogens is 216 g/mol. The van der Waals surface area contributed by atoms with Gasteiger partial charge in [-0.3, -0.25) is 4.79 Å². The number of hydrogen-bond acceptors (Lipinski definition) is 6. The number of carbonyl (C=O) groups is 1. The van der Waals surface area contributed by atoms with Crippen LogP contribution in [0.5, 0.6) is 0 Å². The molecule has 1 rings (SSSR count). The van der Waals surface area contributed by atoms with E-state index in [0.29, 0.717) is 24.0 Å². The number of aryl methyl sites for hydroxylation is 1. The Morgan fingerprint density at radius 3 is 2.87 bits per heavy atom. The van der Waals surface area contributed by atoms with E-state index in [1.54, 1.807) is 18.7 Å². The highest BCUT2D eigenvalue weighted by atomic mass is 32.2. The molecule has 0 aromatic carbocycles. The first-order valence-corrected chi connectivity index (χ1v) is 5.64. The van der Waals surface area contributed by atoms with Gasteiger partial charge in [-0.15, -0.1) is 22.0 Å². The molecule has 0 saturated carbocycles. The van der Waals surface area contributed by atoms with E-state index in [9.17, 15) is 4.79 Å². The van der Waals surface area contributed by atoms with Crippen LogP contribution >= 0.6 is 11.8 Å². The van der Waals surface area contributed by atoms with E-state index in [0.717, 1.165) is 0 Å². The fraction of sp³-hybridized carbons (Fsp3) is 0.667. The summed E-state index contributed by atoms with van der Waals surface area (Å²) < 4.78 is 9.78. The number of aromatic nitrogens is 2. The second-order valence-electron chi connectivity index (χ2n) is 3.12. The average Bonchev–Trinajstić information content (AvgIpc) is 2.61. The third-order valence-electron chi connectivity index (χ3n) is 1.74. The van der Waals surface area contributed by atoms with Gasteiger partial charge in [-0.1, -0.05) is 6.92 Å². The number of carbonyl (C=O) groups excluding carboxylic acids is 1. The minimum atomic E-state index is -0.197. The zero-order valence-electron chi connectivity index (χ0n) is 9.02. The quantitative estimate of drug-likeness (QED) is 0.715. The molecule has 0 aliphatic rings. The maximum absolute atomic E-state index is 11.0. The maximum atomic E-state index is 11.0. The number of nitrogens with zero attached hydrogens (tertiary/aromatic N) is 2. The molecule has 0 aliphatic heterocycles. The molecule has 5 nitrogen and oxygen atoms in total. The molecule has 1 aromatic heterocycles. The van der Waals surface area contributed by atoms with Crippen molar-refractivity contribution in [3.63, 3.8) is 0 Å². The molecule has 15 heavy (non-hydrogen) atoms. The zero-order valence-corrected chi connectivity index (χ0v) is 9.84. The molecule has 6 heteroatoms. The van der Waals surface area contributed by atoms with Crippen molar-refractivity contribution >= 4 is 17.7 Å². The molecule has 1 heterocycles. The van der Waals surface area contributed by atoms with Crippen molar-refractivity contribution in [2.45, 2.75) is 31.3 Å². The molecule has 84 valence electrons. The van der Waals surface area contributed by atoms with Gasteiger partial charge in [0.05, 0.1) is 19.3 Å². The van der Waals surface area contributed by atoms with Crippen LogP contribution in [0, 0.1) is 6.92 Å². The molecule has 1 atom stereocenters. The number of methoxy groups -OCH3 is 1. The molecule has 0 spiro atoms. The Morgan fingerprint density at radius 1 is 1.60 bits per heavy atom. The average molecular weight is 230 g/mol. The van der Waals surface area contributed by atoms with Crippen molar-refractivity contribution in [2.75, 3.05) is 7.11 Å². The topological polar surface area (TPSA) is 65.2 Å². The summed E-state index contributed by atoms with van der Waals surface area (Å²) >= 11 is 1.59. The highest BCUT2D eigenvalue weighted by Gasteiger charge is 2.11. The molecule has 0 fully saturated rings. The van der Waals surface area contributed by atoms with E-state index in [2.05, 4.69) is 14.9 Å². The van der Waals surface area contributed by atoms with Crippen molar-refractivity contribution in [2.24, 2.45) is 0 Å². The third-order valence-corrected chi connectivity index (χ3v) is 2.89. The summed E-state index contributed by atoms with van der Waals surface area (Å²) in [5, 5.41) is 7.77. The molecule has 1 unspecified atom stereocenters. The first-order valence-electron chi connectivity index (χ1n) is 4.59. The monoisotopic (exact) mass is 230 g/mol. The number of esters is 1. The maximum Gasteiger partial charge on any atom is 0.306 e. The lowest BCUT2D eigenvalue weighted by molar-refractivity contribution is -0.140. The predicted octanol–water partition coefficient (Wildman–Crippen LogP) is 1.56. The lowest BCUT2D eigenvalue weighted by atomic mass is 10.3. The number of hydrogen-bond donors (Lipinski definition) is 0. The smallest absolute Gasteiger partial charge is 0.306 e. The fourth-order valence-electron chi connectivity index (χ4n) is 0.986. The number of thioether (sulfide) groups is 1. The first kappa shape index (κ1) is 12.0. The SMILES string of the molecule is COC(=O)CC(C)SCc1nnc(C)o1. The molecule has 0 radical (unpaired) electrons. The van der Waals surface area contributed by atoms with Crippen molar-refractivity contribution in [1.29, 1.82) is 0 Å². The lowest BCUT2D eigenvalue weighted by Gasteiger charge is -2.07. The van der Waals surface area contributed by atoms with Crippen LogP contribution in [0.3, 0.4) is 0 Å². The van der Waals surface area contributed by atoms with Gasteiger partial charge >= 0.3 is 5.97 Å². The Morgan fingerprint density at radius 2 is 2.33 bits per heavy atom. The van der Waals surface area contributed by atoms with E-state index in [1.807, 2.05) is 6.92 Å². The Hall–Kier alpha value is -1.04. The summed E-state index contributed by atoms with van der Waals surface area (Å²) in [4.78, 5) is 11.0. The Kier molecular flexibility index (Phi) is 4.61. The van der Waals surface area contributed by atoms with Gasteiger partial charge in [-0.05, 0) is 0 Å². The van der Waals surface area contributed by atoms with Crippen LogP contribution in [0.2, 0.25) is 0 Å².